The van der Waals surface area contributed by atoms with Gasteiger partial charge in [-0.3, -0.25) is 0 Å². The minimum atomic E-state index is -2.30. The maximum Gasteiger partial charge on any atom is 0.115 e. The number of hydrogen-bond acceptors (Lipinski definition) is 1. The van der Waals surface area contributed by atoms with Gasteiger partial charge in [0.15, 0.2) is 0 Å². The SMILES string of the molecule is [2H]C([2H])([2H])c1ccc2c(c1-c1ccc(-c3c(-c4ccccc4)c(-c4ccccc4)c(-c4ccccc4)c(-c4ccccc4)c3-c3ccccc3)cc1)Sc1ccccc1[Si]2(C)C. The molecule has 10 rings (SSSR count). The highest BCUT2D eigenvalue weighted by atomic mass is 32.2. The summed E-state index contributed by atoms with van der Waals surface area (Å²) in [6.45, 7) is 2.47. The average Bonchev–Trinajstić information content (AvgIpc) is 3.31. The first-order valence-electron chi connectivity index (χ1n) is 21.8. The predicted molar refractivity (Wildman–Crippen MR) is 257 cm³/mol. The molecule has 0 amide bonds. The minimum absolute atomic E-state index is 0.389. The Hall–Kier alpha value is -6.45. The van der Waals surface area contributed by atoms with Crippen LogP contribution in [-0.4, -0.2) is 8.07 Å². The molecule has 0 nitrogen and oxygen atoms in total. The topological polar surface area (TPSA) is 0 Å². The standard InChI is InChI=1S/C57H44SSi/c1-39-33-38-49-57(58-47-31-19-20-32-48(47)59(49,2)3)50(39)45-34-36-46(37-35-45)56-54(43-27-15-7-16-28-43)52(41-23-11-5-12-24-41)51(40-21-9-4-10-22-40)53(42-25-13-6-14-26-42)55(56)44-29-17-8-18-30-44/h4-38H,1-3H3/i1D3. The summed E-state index contributed by atoms with van der Waals surface area (Å²) in [6, 6.07) is 75.4. The molecule has 0 aromatic heterocycles. The molecule has 0 saturated heterocycles. The van der Waals surface area contributed by atoms with Gasteiger partial charge in [0.2, 0.25) is 0 Å². The number of aryl methyl sites for hydroxylation is 1. The second kappa shape index (κ2) is 15.4. The molecular formula is C57H44SSi. The third-order valence-corrected chi connectivity index (χ3v) is 17.0. The Balaban J connectivity index is 1.33. The molecule has 282 valence electrons. The Kier molecular flexibility index (Phi) is 8.73. The summed E-state index contributed by atoms with van der Waals surface area (Å²) in [5.41, 5.74) is 15.7. The van der Waals surface area contributed by atoms with Gasteiger partial charge < -0.3 is 0 Å². The number of benzene rings is 9. The molecule has 1 heterocycles. The van der Waals surface area contributed by atoms with E-state index < -0.39 is 14.9 Å². The van der Waals surface area contributed by atoms with Crippen LogP contribution in [0.1, 0.15) is 9.68 Å². The maximum absolute atomic E-state index is 8.78. The van der Waals surface area contributed by atoms with Crippen molar-refractivity contribution in [3.05, 3.63) is 218 Å². The maximum atomic E-state index is 8.78. The van der Waals surface area contributed by atoms with Gasteiger partial charge in [-0.2, -0.15) is 0 Å². The van der Waals surface area contributed by atoms with E-state index in [-0.39, 0.29) is 0 Å². The van der Waals surface area contributed by atoms with Crippen molar-refractivity contribution in [1.82, 2.24) is 0 Å². The quantitative estimate of drug-likeness (QED) is 0.145. The molecule has 0 N–H and O–H groups in total. The highest BCUT2D eigenvalue weighted by molar-refractivity contribution is 8.00. The van der Waals surface area contributed by atoms with Crippen LogP contribution in [0.2, 0.25) is 13.1 Å². The molecule has 0 unspecified atom stereocenters. The van der Waals surface area contributed by atoms with Crippen LogP contribution in [-0.2, 0) is 0 Å². The monoisotopic (exact) mass is 791 g/mol. The average molecular weight is 792 g/mol. The van der Waals surface area contributed by atoms with Gasteiger partial charge in [-0.1, -0.05) is 231 Å². The smallest absolute Gasteiger partial charge is 0.0897 e. The van der Waals surface area contributed by atoms with Crippen molar-refractivity contribution in [2.45, 2.75) is 29.7 Å². The zero-order valence-corrected chi connectivity index (χ0v) is 34.9. The molecule has 0 saturated carbocycles. The largest absolute Gasteiger partial charge is 0.115 e. The summed E-state index contributed by atoms with van der Waals surface area (Å²) >= 11 is 1.72. The first kappa shape index (κ1) is 33.5. The molecular weight excluding hydrogens is 745 g/mol. The van der Waals surface area contributed by atoms with Crippen LogP contribution in [0, 0.1) is 6.85 Å². The van der Waals surface area contributed by atoms with E-state index in [1.807, 2.05) is 6.07 Å². The van der Waals surface area contributed by atoms with E-state index in [1.165, 1.54) is 20.8 Å². The van der Waals surface area contributed by atoms with Crippen LogP contribution < -0.4 is 10.4 Å². The molecule has 59 heavy (non-hydrogen) atoms. The van der Waals surface area contributed by atoms with Gasteiger partial charge in [0.25, 0.3) is 0 Å². The van der Waals surface area contributed by atoms with Crippen molar-refractivity contribution in [2.75, 3.05) is 0 Å². The fourth-order valence-electron chi connectivity index (χ4n) is 9.10. The number of hydrogen-bond donors (Lipinski definition) is 0. The van der Waals surface area contributed by atoms with Gasteiger partial charge >= 0.3 is 0 Å². The van der Waals surface area contributed by atoms with Gasteiger partial charge in [0.1, 0.15) is 8.07 Å². The molecule has 0 bridgehead atoms. The lowest BCUT2D eigenvalue weighted by Gasteiger charge is -2.34. The summed E-state index contributed by atoms with van der Waals surface area (Å²) in [5.74, 6) is 0. The van der Waals surface area contributed by atoms with E-state index in [9.17, 15) is 0 Å². The fraction of sp³-hybridized carbons (Fsp3) is 0.0526. The van der Waals surface area contributed by atoms with E-state index >= 15 is 0 Å². The lowest BCUT2D eigenvalue weighted by Crippen LogP contribution is -2.56. The molecule has 0 radical (unpaired) electrons. The van der Waals surface area contributed by atoms with Gasteiger partial charge in [-0.25, -0.2) is 0 Å². The van der Waals surface area contributed by atoms with Crippen LogP contribution >= 0.6 is 11.8 Å². The summed E-state index contributed by atoms with van der Waals surface area (Å²) < 4.78 is 26.4. The second-order valence-corrected chi connectivity index (χ2v) is 21.1. The highest BCUT2D eigenvalue weighted by Gasteiger charge is 2.36. The van der Waals surface area contributed by atoms with Gasteiger partial charge in [0.05, 0.1) is 0 Å². The van der Waals surface area contributed by atoms with Crippen LogP contribution in [0.15, 0.2) is 222 Å². The van der Waals surface area contributed by atoms with Crippen LogP contribution in [0.4, 0.5) is 0 Å². The predicted octanol–water partition coefficient (Wildman–Crippen LogP) is 15.0. The third-order valence-electron chi connectivity index (χ3n) is 11.9. The van der Waals surface area contributed by atoms with Gasteiger partial charge in [0, 0.05) is 13.9 Å². The number of rotatable bonds is 7. The zero-order valence-electron chi connectivity index (χ0n) is 36.1. The van der Waals surface area contributed by atoms with Crippen LogP contribution in [0.25, 0.3) is 77.9 Å². The van der Waals surface area contributed by atoms with Crippen molar-refractivity contribution < 1.29 is 4.11 Å². The van der Waals surface area contributed by atoms with Crippen molar-refractivity contribution in [2.24, 2.45) is 0 Å². The van der Waals surface area contributed by atoms with Crippen molar-refractivity contribution in [3.8, 4) is 77.9 Å². The van der Waals surface area contributed by atoms with E-state index in [0.29, 0.717) is 5.56 Å². The molecule has 0 fully saturated rings. The van der Waals surface area contributed by atoms with Crippen molar-refractivity contribution >= 4 is 30.2 Å². The molecule has 9 aromatic rings. The Morgan fingerprint density at radius 1 is 0.322 bits per heavy atom. The fourth-order valence-corrected chi connectivity index (χ4v) is 14.7. The summed E-state index contributed by atoms with van der Waals surface area (Å²) in [4.78, 5) is 2.29. The zero-order chi connectivity index (χ0) is 42.4. The summed E-state index contributed by atoms with van der Waals surface area (Å²) in [7, 11) is -2.15. The normalized spacial score (nSPS) is 13.7. The van der Waals surface area contributed by atoms with Crippen molar-refractivity contribution in [3.63, 3.8) is 0 Å². The first-order valence-corrected chi connectivity index (χ1v) is 24.1. The third kappa shape index (κ3) is 6.50. The highest BCUT2D eigenvalue weighted by Crippen LogP contribution is 2.56. The van der Waals surface area contributed by atoms with E-state index in [1.54, 1.807) is 11.8 Å². The molecule has 0 atom stereocenters. The molecule has 2 heteroatoms. The minimum Gasteiger partial charge on any atom is -0.0897 e. The van der Waals surface area contributed by atoms with Crippen LogP contribution in [0.5, 0.6) is 0 Å². The van der Waals surface area contributed by atoms with Gasteiger partial charge in [-0.05, 0) is 107 Å². The van der Waals surface area contributed by atoms with E-state index in [0.717, 1.165) is 77.2 Å². The Morgan fingerprint density at radius 2 is 0.644 bits per heavy atom. The summed E-state index contributed by atoms with van der Waals surface area (Å²) in [6.07, 6.45) is 0. The number of fused-ring (bicyclic) bond motifs is 2. The molecule has 9 aromatic carbocycles. The van der Waals surface area contributed by atoms with Gasteiger partial charge in [-0.15, -0.1) is 0 Å². The van der Waals surface area contributed by atoms with Crippen molar-refractivity contribution in [1.29, 1.82) is 0 Å². The Morgan fingerprint density at radius 3 is 1.02 bits per heavy atom. The molecule has 0 aliphatic carbocycles. The molecule has 1 aliphatic rings. The Bertz CT molecular complexity index is 2950. The summed E-state index contributed by atoms with van der Waals surface area (Å²) in [5, 5.41) is 2.67. The van der Waals surface area contributed by atoms with E-state index in [4.69, 9.17) is 4.11 Å². The molecule has 1 aliphatic heterocycles. The Labute approximate surface area is 358 Å². The second-order valence-electron chi connectivity index (χ2n) is 15.7. The lowest BCUT2D eigenvalue weighted by molar-refractivity contribution is 1.35. The molecule has 0 spiro atoms. The van der Waals surface area contributed by atoms with Crippen LogP contribution in [0.3, 0.4) is 0 Å². The lowest BCUT2D eigenvalue weighted by atomic mass is 9.74. The first-order chi connectivity index (χ1) is 30.2. The van der Waals surface area contributed by atoms with E-state index in [2.05, 4.69) is 219 Å².